The van der Waals surface area contributed by atoms with Gasteiger partial charge in [-0.05, 0) is 38.1 Å². The van der Waals surface area contributed by atoms with E-state index < -0.39 is 5.97 Å². The molecule has 0 atom stereocenters. The lowest BCUT2D eigenvalue weighted by Gasteiger charge is -2.00. The van der Waals surface area contributed by atoms with Gasteiger partial charge in [0.15, 0.2) is 0 Å². The summed E-state index contributed by atoms with van der Waals surface area (Å²) < 4.78 is 1.62. The van der Waals surface area contributed by atoms with Crippen LogP contribution in [-0.2, 0) is 0 Å². The van der Waals surface area contributed by atoms with Crippen LogP contribution < -0.4 is 0 Å². The molecule has 0 fully saturated rings. The van der Waals surface area contributed by atoms with Crippen LogP contribution in [0.5, 0.6) is 0 Å². The standard InChI is InChI=1S/C16H14N2O2S/c1-10-3-6-12(7-4-10)18-9-13(16(19)20)15(17-18)14-8-5-11(2)21-14/h3-9H,1-2H3,(H,19,20). The van der Waals surface area contributed by atoms with Gasteiger partial charge in [-0.2, -0.15) is 5.10 Å². The molecule has 0 aliphatic carbocycles. The molecule has 0 unspecified atom stereocenters. The number of carboxylic acids is 1. The van der Waals surface area contributed by atoms with Crippen LogP contribution in [0.2, 0.25) is 0 Å². The fourth-order valence-electron chi connectivity index (χ4n) is 2.10. The van der Waals surface area contributed by atoms with Crippen LogP contribution in [0.25, 0.3) is 16.3 Å². The number of carbonyl (C=O) groups is 1. The molecule has 0 bridgehead atoms. The molecular formula is C16H14N2O2S. The Bertz CT molecular complexity index is 800. The highest BCUT2D eigenvalue weighted by atomic mass is 32.1. The van der Waals surface area contributed by atoms with Gasteiger partial charge in [0.2, 0.25) is 0 Å². The third-order valence-electron chi connectivity index (χ3n) is 3.22. The van der Waals surface area contributed by atoms with E-state index in [2.05, 4.69) is 5.10 Å². The average Bonchev–Trinajstić information content (AvgIpc) is 3.05. The summed E-state index contributed by atoms with van der Waals surface area (Å²) in [7, 11) is 0. The van der Waals surface area contributed by atoms with E-state index >= 15 is 0 Å². The van der Waals surface area contributed by atoms with Crippen molar-refractivity contribution in [2.75, 3.05) is 0 Å². The Morgan fingerprint density at radius 3 is 2.43 bits per heavy atom. The van der Waals surface area contributed by atoms with E-state index in [9.17, 15) is 9.90 Å². The Kier molecular flexibility index (Phi) is 3.35. The molecule has 0 saturated heterocycles. The van der Waals surface area contributed by atoms with Gasteiger partial charge < -0.3 is 5.11 Å². The van der Waals surface area contributed by atoms with Crippen LogP contribution >= 0.6 is 11.3 Å². The molecule has 1 N–H and O–H groups in total. The summed E-state index contributed by atoms with van der Waals surface area (Å²) in [6.07, 6.45) is 1.57. The molecule has 0 amide bonds. The van der Waals surface area contributed by atoms with Crippen LogP contribution in [-0.4, -0.2) is 20.9 Å². The average molecular weight is 298 g/mol. The largest absolute Gasteiger partial charge is 0.478 e. The summed E-state index contributed by atoms with van der Waals surface area (Å²) in [5, 5.41) is 13.9. The highest BCUT2D eigenvalue weighted by molar-refractivity contribution is 7.15. The number of thiophene rings is 1. The van der Waals surface area contributed by atoms with E-state index in [4.69, 9.17) is 0 Å². The first-order chi connectivity index (χ1) is 10.0. The Balaban J connectivity index is 2.12. The molecule has 0 aliphatic rings. The van der Waals surface area contributed by atoms with Crippen LogP contribution in [0.3, 0.4) is 0 Å². The number of aryl methyl sites for hydroxylation is 2. The van der Waals surface area contributed by atoms with Crippen molar-refractivity contribution in [1.82, 2.24) is 9.78 Å². The second kappa shape index (κ2) is 5.18. The Morgan fingerprint density at radius 2 is 1.86 bits per heavy atom. The maximum absolute atomic E-state index is 11.5. The van der Waals surface area contributed by atoms with Crippen LogP contribution in [0.15, 0.2) is 42.6 Å². The highest BCUT2D eigenvalue weighted by Gasteiger charge is 2.18. The fourth-order valence-corrected chi connectivity index (χ4v) is 2.97. The quantitative estimate of drug-likeness (QED) is 0.797. The zero-order valence-electron chi connectivity index (χ0n) is 11.7. The number of rotatable bonds is 3. The minimum Gasteiger partial charge on any atom is -0.478 e. The predicted molar refractivity (Wildman–Crippen MR) is 83.3 cm³/mol. The van der Waals surface area contributed by atoms with Crippen molar-refractivity contribution in [3.05, 3.63) is 58.6 Å². The van der Waals surface area contributed by atoms with Gasteiger partial charge in [0.25, 0.3) is 0 Å². The van der Waals surface area contributed by atoms with Crippen molar-refractivity contribution in [3.63, 3.8) is 0 Å². The number of benzene rings is 1. The van der Waals surface area contributed by atoms with Crippen molar-refractivity contribution in [3.8, 4) is 16.3 Å². The van der Waals surface area contributed by atoms with Gasteiger partial charge in [-0.15, -0.1) is 11.3 Å². The number of aromatic nitrogens is 2. The number of aromatic carboxylic acids is 1. The third kappa shape index (κ3) is 2.60. The molecule has 5 heteroatoms. The molecule has 0 aliphatic heterocycles. The summed E-state index contributed by atoms with van der Waals surface area (Å²) in [5.74, 6) is -0.964. The van der Waals surface area contributed by atoms with Gasteiger partial charge in [0, 0.05) is 11.1 Å². The van der Waals surface area contributed by atoms with Crippen molar-refractivity contribution in [2.45, 2.75) is 13.8 Å². The maximum atomic E-state index is 11.5. The van der Waals surface area contributed by atoms with Crippen molar-refractivity contribution < 1.29 is 9.90 Å². The van der Waals surface area contributed by atoms with E-state index in [0.717, 1.165) is 21.0 Å². The van der Waals surface area contributed by atoms with E-state index in [0.29, 0.717) is 5.69 Å². The first kappa shape index (κ1) is 13.6. The molecule has 0 spiro atoms. The molecule has 106 valence electrons. The van der Waals surface area contributed by atoms with Gasteiger partial charge >= 0.3 is 5.97 Å². The summed E-state index contributed by atoms with van der Waals surface area (Å²) >= 11 is 1.54. The molecule has 3 rings (SSSR count). The fraction of sp³-hybridized carbons (Fsp3) is 0.125. The SMILES string of the molecule is Cc1ccc(-n2cc(C(=O)O)c(-c3ccc(C)s3)n2)cc1. The van der Waals surface area contributed by atoms with E-state index in [1.54, 1.807) is 22.2 Å². The molecule has 2 aromatic heterocycles. The molecule has 2 heterocycles. The Hall–Kier alpha value is -2.40. The monoisotopic (exact) mass is 298 g/mol. The highest BCUT2D eigenvalue weighted by Crippen LogP contribution is 2.30. The third-order valence-corrected chi connectivity index (χ3v) is 4.22. The minimum atomic E-state index is -0.964. The molecule has 21 heavy (non-hydrogen) atoms. The number of nitrogens with zero attached hydrogens (tertiary/aromatic N) is 2. The summed E-state index contributed by atoms with van der Waals surface area (Å²) in [6.45, 7) is 4.00. The van der Waals surface area contributed by atoms with Crippen molar-refractivity contribution >= 4 is 17.3 Å². The summed E-state index contributed by atoms with van der Waals surface area (Å²) in [6, 6.07) is 11.7. The van der Waals surface area contributed by atoms with Crippen molar-refractivity contribution in [1.29, 1.82) is 0 Å². The van der Waals surface area contributed by atoms with E-state index in [1.807, 2.05) is 50.2 Å². The normalized spacial score (nSPS) is 10.8. The lowest BCUT2D eigenvalue weighted by Crippen LogP contribution is -1.96. The van der Waals surface area contributed by atoms with Gasteiger partial charge in [0.1, 0.15) is 11.3 Å². The first-order valence-electron chi connectivity index (χ1n) is 6.51. The van der Waals surface area contributed by atoms with Gasteiger partial charge in [0.05, 0.1) is 10.6 Å². The molecule has 3 aromatic rings. The summed E-state index contributed by atoms with van der Waals surface area (Å²) in [4.78, 5) is 13.5. The minimum absolute atomic E-state index is 0.220. The van der Waals surface area contributed by atoms with Crippen LogP contribution in [0.4, 0.5) is 0 Å². The number of hydrogen-bond donors (Lipinski definition) is 1. The van der Waals surface area contributed by atoms with Crippen LogP contribution in [0.1, 0.15) is 20.8 Å². The smallest absolute Gasteiger partial charge is 0.339 e. The maximum Gasteiger partial charge on any atom is 0.339 e. The topological polar surface area (TPSA) is 55.1 Å². The zero-order valence-corrected chi connectivity index (χ0v) is 12.5. The number of hydrogen-bond acceptors (Lipinski definition) is 3. The summed E-state index contributed by atoms with van der Waals surface area (Å²) in [5.41, 5.74) is 2.74. The molecule has 4 nitrogen and oxygen atoms in total. The second-order valence-electron chi connectivity index (χ2n) is 4.89. The van der Waals surface area contributed by atoms with Gasteiger partial charge in [-0.1, -0.05) is 17.7 Å². The Labute approximate surface area is 126 Å². The molecule has 0 saturated carbocycles. The van der Waals surface area contributed by atoms with Crippen molar-refractivity contribution in [2.24, 2.45) is 0 Å². The molecule has 1 aromatic carbocycles. The zero-order chi connectivity index (χ0) is 15.0. The molecular weight excluding hydrogens is 284 g/mol. The predicted octanol–water partition coefficient (Wildman–Crippen LogP) is 3.92. The van der Waals surface area contributed by atoms with Gasteiger partial charge in [-0.25, -0.2) is 9.48 Å². The first-order valence-corrected chi connectivity index (χ1v) is 7.33. The lowest BCUT2D eigenvalue weighted by atomic mass is 10.2. The van der Waals surface area contributed by atoms with E-state index in [1.165, 1.54) is 0 Å². The van der Waals surface area contributed by atoms with E-state index in [-0.39, 0.29) is 5.56 Å². The lowest BCUT2D eigenvalue weighted by molar-refractivity contribution is 0.0697. The number of carboxylic acid groups (broad SMARTS) is 1. The van der Waals surface area contributed by atoms with Gasteiger partial charge in [-0.3, -0.25) is 0 Å². The Morgan fingerprint density at radius 1 is 1.14 bits per heavy atom. The molecule has 0 radical (unpaired) electrons. The second-order valence-corrected chi connectivity index (χ2v) is 6.17. The van der Waals surface area contributed by atoms with Crippen LogP contribution in [0, 0.1) is 13.8 Å².